The first-order chi connectivity index (χ1) is 32.5. The standard InChI is InChI=1S/C60H111NO5/c1-3-5-7-9-11-13-15-17-19-20-23-26-30-34-38-42-46-50-54-60(65)66-55-51-47-43-39-35-31-27-24-21-22-25-29-33-37-41-45-49-53-59(64)61-57(56-62)58(63)52-48-44-40-36-32-28-18-16-14-12-10-8-6-4-2/h13,15,19-21,24,48,52,57-58,62-63H,3-12,14,16-18,22-23,25-47,49-51,53-56H2,1-2H3,(H,61,64)/b15-13-,20-19-,24-21-,52-48+. The Labute approximate surface area is 410 Å². The van der Waals surface area contributed by atoms with Crippen LogP contribution in [0.3, 0.4) is 0 Å². The van der Waals surface area contributed by atoms with Crippen molar-refractivity contribution < 1.29 is 24.5 Å². The Morgan fingerprint density at radius 1 is 0.424 bits per heavy atom. The van der Waals surface area contributed by atoms with Gasteiger partial charge < -0.3 is 20.3 Å². The van der Waals surface area contributed by atoms with E-state index in [1.807, 2.05) is 6.08 Å². The summed E-state index contributed by atoms with van der Waals surface area (Å²) in [5.41, 5.74) is 0. The number of aliphatic hydroxyl groups excluding tert-OH is 2. The monoisotopic (exact) mass is 926 g/mol. The maximum Gasteiger partial charge on any atom is 0.305 e. The Morgan fingerprint density at radius 3 is 1.18 bits per heavy atom. The minimum Gasteiger partial charge on any atom is -0.466 e. The van der Waals surface area contributed by atoms with Crippen molar-refractivity contribution in [3.05, 3.63) is 48.6 Å². The fraction of sp³-hybridized carbons (Fsp3) is 0.833. The molecular formula is C60H111NO5. The number of hydrogen-bond acceptors (Lipinski definition) is 5. The van der Waals surface area contributed by atoms with Crippen molar-refractivity contribution in [1.29, 1.82) is 0 Å². The predicted octanol–water partition coefficient (Wildman–Crippen LogP) is 17.8. The largest absolute Gasteiger partial charge is 0.466 e. The summed E-state index contributed by atoms with van der Waals surface area (Å²) in [5, 5.41) is 23.1. The minimum absolute atomic E-state index is 0.0106. The second-order valence-corrected chi connectivity index (χ2v) is 19.6. The summed E-state index contributed by atoms with van der Waals surface area (Å²) in [5.74, 6) is -0.0914. The number of rotatable bonds is 53. The van der Waals surface area contributed by atoms with E-state index >= 15 is 0 Å². The number of allylic oxidation sites excluding steroid dienone is 7. The van der Waals surface area contributed by atoms with Crippen LogP contribution in [0.2, 0.25) is 0 Å². The van der Waals surface area contributed by atoms with Crippen molar-refractivity contribution in [3.63, 3.8) is 0 Å². The third kappa shape index (κ3) is 51.2. The highest BCUT2D eigenvalue weighted by molar-refractivity contribution is 5.76. The van der Waals surface area contributed by atoms with Gasteiger partial charge in [-0.3, -0.25) is 9.59 Å². The number of unbranched alkanes of at least 4 members (excludes halogenated alkanes) is 36. The molecule has 6 nitrogen and oxygen atoms in total. The summed E-state index contributed by atoms with van der Waals surface area (Å²) >= 11 is 0. The first-order valence-corrected chi connectivity index (χ1v) is 28.9. The van der Waals surface area contributed by atoms with E-state index in [1.165, 1.54) is 205 Å². The number of ether oxygens (including phenoxy) is 1. The van der Waals surface area contributed by atoms with Crippen molar-refractivity contribution >= 4 is 11.9 Å². The van der Waals surface area contributed by atoms with Gasteiger partial charge in [-0.2, -0.15) is 0 Å². The molecule has 0 aliphatic heterocycles. The molecule has 3 N–H and O–H groups in total. The van der Waals surface area contributed by atoms with Crippen LogP contribution in [0.5, 0.6) is 0 Å². The lowest BCUT2D eigenvalue weighted by Gasteiger charge is -2.20. The van der Waals surface area contributed by atoms with Gasteiger partial charge in [0.1, 0.15) is 0 Å². The molecule has 0 radical (unpaired) electrons. The number of carbonyl (C=O) groups is 2. The normalized spacial score (nSPS) is 13.0. The Balaban J connectivity index is 3.48. The molecule has 0 saturated heterocycles. The molecule has 0 aromatic carbocycles. The Morgan fingerprint density at radius 2 is 0.758 bits per heavy atom. The molecule has 6 heteroatoms. The van der Waals surface area contributed by atoms with Crippen LogP contribution in [0.1, 0.15) is 296 Å². The van der Waals surface area contributed by atoms with Crippen LogP contribution in [0.25, 0.3) is 0 Å². The molecule has 2 unspecified atom stereocenters. The van der Waals surface area contributed by atoms with Gasteiger partial charge >= 0.3 is 5.97 Å². The van der Waals surface area contributed by atoms with Crippen LogP contribution < -0.4 is 5.32 Å². The maximum absolute atomic E-state index is 12.4. The Bertz CT molecular complexity index is 1110. The van der Waals surface area contributed by atoms with Gasteiger partial charge in [-0.15, -0.1) is 0 Å². The zero-order valence-corrected chi connectivity index (χ0v) is 43.9. The van der Waals surface area contributed by atoms with Gasteiger partial charge in [0.25, 0.3) is 0 Å². The van der Waals surface area contributed by atoms with E-state index < -0.39 is 12.1 Å². The lowest BCUT2D eigenvalue weighted by Crippen LogP contribution is -2.45. The molecule has 0 heterocycles. The van der Waals surface area contributed by atoms with E-state index in [4.69, 9.17) is 4.74 Å². The third-order valence-electron chi connectivity index (χ3n) is 13.1. The molecule has 386 valence electrons. The lowest BCUT2D eigenvalue weighted by molar-refractivity contribution is -0.143. The number of esters is 1. The van der Waals surface area contributed by atoms with E-state index in [2.05, 4.69) is 55.6 Å². The van der Waals surface area contributed by atoms with Crippen LogP contribution >= 0.6 is 0 Å². The molecule has 1 amide bonds. The molecule has 0 aromatic heterocycles. The Hall–Kier alpha value is -2.18. The molecule has 0 fully saturated rings. The van der Waals surface area contributed by atoms with E-state index in [9.17, 15) is 19.8 Å². The van der Waals surface area contributed by atoms with Crippen molar-refractivity contribution in [3.8, 4) is 0 Å². The van der Waals surface area contributed by atoms with Crippen LogP contribution in [0.15, 0.2) is 48.6 Å². The van der Waals surface area contributed by atoms with E-state index in [1.54, 1.807) is 6.08 Å². The molecule has 0 rings (SSSR count). The van der Waals surface area contributed by atoms with Crippen LogP contribution in [-0.4, -0.2) is 47.4 Å². The summed E-state index contributed by atoms with van der Waals surface area (Å²) in [6.07, 6.45) is 69.8. The second-order valence-electron chi connectivity index (χ2n) is 19.6. The lowest BCUT2D eigenvalue weighted by atomic mass is 10.0. The quantitative estimate of drug-likeness (QED) is 0.0321. The van der Waals surface area contributed by atoms with E-state index in [0.717, 1.165) is 64.2 Å². The zero-order valence-electron chi connectivity index (χ0n) is 43.9. The molecule has 0 aliphatic carbocycles. The first kappa shape index (κ1) is 63.8. The Kier molecular flexibility index (Phi) is 53.6. The van der Waals surface area contributed by atoms with E-state index in [0.29, 0.717) is 19.4 Å². The first-order valence-electron chi connectivity index (χ1n) is 28.9. The average molecular weight is 927 g/mol. The minimum atomic E-state index is -0.853. The van der Waals surface area contributed by atoms with Gasteiger partial charge in [0, 0.05) is 12.8 Å². The van der Waals surface area contributed by atoms with Gasteiger partial charge in [0.05, 0.1) is 25.4 Å². The number of nitrogens with one attached hydrogen (secondary N) is 1. The van der Waals surface area contributed by atoms with Crippen molar-refractivity contribution in [2.45, 2.75) is 309 Å². The topological polar surface area (TPSA) is 95.9 Å². The molecule has 0 saturated carbocycles. The van der Waals surface area contributed by atoms with Gasteiger partial charge in [0.15, 0.2) is 0 Å². The molecule has 66 heavy (non-hydrogen) atoms. The van der Waals surface area contributed by atoms with Crippen LogP contribution in [0.4, 0.5) is 0 Å². The second kappa shape index (κ2) is 55.4. The summed E-state index contributed by atoms with van der Waals surface area (Å²) in [6.45, 7) is 4.86. The van der Waals surface area contributed by atoms with Crippen molar-refractivity contribution in [1.82, 2.24) is 5.32 Å². The fourth-order valence-electron chi connectivity index (χ4n) is 8.60. The van der Waals surface area contributed by atoms with E-state index in [-0.39, 0.29) is 18.5 Å². The number of hydrogen-bond donors (Lipinski definition) is 3. The fourth-order valence-corrected chi connectivity index (χ4v) is 8.60. The summed E-state index contributed by atoms with van der Waals surface area (Å²) in [6, 6.07) is -0.637. The van der Waals surface area contributed by atoms with Crippen LogP contribution in [0, 0.1) is 0 Å². The highest BCUT2D eigenvalue weighted by Gasteiger charge is 2.18. The molecule has 2 atom stereocenters. The molecular weight excluding hydrogens is 815 g/mol. The molecule has 0 aliphatic rings. The SMILES string of the molecule is CCCCCC/C=C\C/C=C\CCCCCCCCCC(=O)OCCCCCCCC/C=C\CCCCCCCCCC(=O)NC(CO)C(O)/C=C/CCCCCCCCCCCCCC. The maximum atomic E-state index is 12.4. The van der Waals surface area contributed by atoms with Gasteiger partial charge in [-0.25, -0.2) is 0 Å². The summed E-state index contributed by atoms with van der Waals surface area (Å²) < 4.78 is 5.47. The highest BCUT2D eigenvalue weighted by Crippen LogP contribution is 2.15. The van der Waals surface area contributed by atoms with Gasteiger partial charge in [0.2, 0.25) is 5.91 Å². The molecule has 0 aromatic rings. The average Bonchev–Trinajstić information content (AvgIpc) is 3.32. The molecule has 0 spiro atoms. The summed E-state index contributed by atoms with van der Waals surface area (Å²) in [7, 11) is 0. The predicted molar refractivity (Wildman–Crippen MR) is 287 cm³/mol. The van der Waals surface area contributed by atoms with Crippen molar-refractivity contribution in [2.24, 2.45) is 0 Å². The zero-order chi connectivity index (χ0) is 47.9. The third-order valence-corrected chi connectivity index (χ3v) is 13.1. The highest BCUT2D eigenvalue weighted by atomic mass is 16.5. The van der Waals surface area contributed by atoms with Crippen LogP contribution in [-0.2, 0) is 14.3 Å². The number of carbonyl (C=O) groups excluding carboxylic acids is 2. The van der Waals surface area contributed by atoms with Crippen molar-refractivity contribution in [2.75, 3.05) is 13.2 Å². The number of amides is 1. The van der Waals surface area contributed by atoms with Gasteiger partial charge in [-0.05, 0) is 89.9 Å². The number of aliphatic hydroxyl groups is 2. The smallest absolute Gasteiger partial charge is 0.305 e. The summed E-state index contributed by atoms with van der Waals surface area (Å²) in [4.78, 5) is 24.5. The molecule has 0 bridgehead atoms. The van der Waals surface area contributed by atoms with Gasteiger partial charge in [-0.1, -0.05) is 242 Å².